The fourth-order valence-electron chi connectivity index (χ4n) is 3.12. The molecular formula is C21H32N4. The fraction of sp³-hybridized carbons (Fsp3) is 0.429. The number of nitrogens with zero attached hydrogens (tertiary/aromatic N) is 1. The van der Waals surface area contributed by atoms with E-state index >= 15 is 0 Å². The van der Waals surface area contributed by atoms with Crippen LogP contribution in [-0.2, 0) is 0 Å². The molecule has 0 saturated carbocycles. The number of hydrogen-bond acceptors (Lipinski definition) is 4. The molecule has 0 aromatic heterocycles. The van der Waals surface area contributed by atoms with Gasteiger partial charge in [0.05, 0.1) is 6.04 Å². The van der Waals surface area contributed by atoms with E-state index in [9.17, 15) is 0 Å². The zero-order valence-corrected chi connectivity index (χ0v) is 15.1. The van der Waals surface area contributed by atoms with Crippen LogP contribution in [0.3, 0.4) is 0 Å². The molecule has 0 aliphatic carbocycles. The number of rotatable bonds is 12. The summed E-state index contributed by atoms with van der Waals surface area (Å²) in [5, 5.41) is 3.50. The Balaban J connectivity index is 2.16. The molecular weight excluding hydrogens is 308 g/mol. The van der Waals surface area contributed by atoms with Crippen molar-refractivity contribution in [3.05, 3.63) is 71.8 Å². The normalized spacial score (nSPS) is 11.4. The van der Waals surface area contributed by atoms with Crippen molar-refractivity contribution in [2.45, 2.75) is 18.9 Å². The third-order valence-electron chi connectivity index (χ3n) is 4.38. The third-order valence-corrected chi connectivity index (χ3v) is 4.38. The molecule has 0 fully saturated rings. The Labute approximate surface area is 152 Å². The summed E-state index contributed by atoms with van der Waals surface area (Å²) in [5.74, 6) is 0. The van der Waals surface area contributed by atoms with Gasteiger partial charge in [-0.15, -0.1) is 0 Å². The van der Waals surface area contributed by atoms with E-state index in [4.69, 9.17) is 11.5 Å². The van der Waals surface area contributed by atoms with Gasteiger partial charge in [0, 0.05) is 19.6 Å². The average Bonchev–Trinajstić information content (AvgIpc) is 2.67. The number of nitrogens with two attached hydrogens (primary N) is 2. The van der Waals surface area contributed by atoms with Gasteiger partial charge in [-0.2, -0.15) is 0 Å². The molecule has 0 aliphatic heterocycles. The Hall–Kier alpha value is -1.72. The van der Waals surface area contributed by atoms with Gasteiger partial charge in [-0.25, -0.2) is 0 Å². The first-order chi connectivity index (χ1) is 12.4. The van der Waals surface area contributed by atoms with Gasteiger partial charge in [-0.1, -0.05) is 60.7 Å². The highest BCUT2D eigenvalue weighted by Crippen LogP contribution is 2.28. The molecule has 5 N–H and O–H groups in total. The SMILES string of the molecule is NCCCNCCN(CCCN)C(c1ccccc1)c1ccccc1. The fourth-order valence-corrected chi connectivity index (χ4v) is 3.12. The molecule has 0 amide bonds. The van der Waals surface area contributed by atoms with Crippen molar-refractivity contribution in [1.29, 1.82) is 0 Å². The summed E-state index contributed by atoms with van der Waals surface area (Å²) in [6.07, 6.45) is 2.02. The van der Waals surface area contributed by atoms with Crippen molar-refractivity contribution in [1.82, 2.24) is 10.2 Å². The van der Waals surface area contributed by atoms with Crippen LogP contribution in [0.4, 0.5) is 0 Å². The molecule has 136 valence electrons. The molecule has 0 heterocycles. The van der Waals surface area contributed by atoms with Gasteiger partial charge in [0.25, 0.3) is 0 Å². The first-order valence-corrected chi connectivity index (χ1v) is 9.31. The first-order valence-electron chi connectivity index (χ1n) is 9.31. The van der Waals surface area contributed by atoms with E-state index in [2.05, 4.69) is 70.9 Å². The molecule has 4 heteroatoms. The maximum atomic E-state index is 5.79. The summed E-state index contributed by atoms with van der Waals surface area (Å²) >= 11 is 0. The number of nitrogens with one attached hydrogen (secondary N) is 1. The smallest absolute Gasteiger partial charge is 0.0602 e. The van der Waals surface area contributed by atoms with Crippen molar-refractivity contribution >= 4 is 0 Å². The van der Waals surface area contributed by atoms with Crippen molar-refractivity contribution in [2.75, 3.05) is 39.3 Å². The predicted molar refractivity (Wildman–Crippen MR) is 107 cm³/mol. The Morgan fingerprint density at radius 2 is 1.28 bits per heavy atom. The number of benzene rings is 2. The second-order valence-corrected chi connectivity index (χ2v) is 6.29. The predicted octanol–water partition coefficient (Wildman–Crippen LogP) is 2.37. The monoisotopic (exact) mass is 340 g/mol. The van der Waals surface area contributed by atoms with Crippen molar-refractivity contribution < 1.29 is 0 Å². The lowest BCUT2D eigenvalue weighted by molar-refractivity contribution is 0.224. The minimum absolute atomic E-state index is 0.255. The molecule has 0 bridgehead atoms. The van der Waals surface area contributed by atoms with Crippen molar-refractivity contribution in [3.8, 4) is 0 Å². The van der Waals surface area contributed by atoms with Crippen LogP contribution in [0.15, 0.2) is 60.7 Å². The summed E-state index contributed by atoms with van der Waals surface area (Å²) < 4.78 is 0. The molecule has 2 aromatic rings. The van der Waals surface area contributed by atoms with Crippen LogP contribution < -0.4 is 16.8 Å². The molecule has 0 atom stereocenters. The lowest BCUT2D eigenvalue weighted by Gasteiger charge is -2.33. The molecule has 0 spiro atoms. The molecule has 0 saturated heterocycles. The van der Waals surface area contributed by atoms with E-state index in [-0.39, 0.29) is 6.04 Å². The second-order valence-electron chi connectivity index (χ2n) is 6.29. The molecule has 0 radical (unpaired) electrons. The maximum absolute atomic E-state index is 5.79. The summed E-state index contributed by atoms with van der Waals surface area (Å²) in [7, 11) is 0. The summed E-state index contributed by atoms with van der Waals surface area (Å²) in [6.45, 7) is 5.36. The van der Waals surface area contributed by atoms with Gasteiger partial charge >= 0.3 is 0 Å². The average molecular weight is 341 g/mol. The Morgan fingerprint density at radius 3 is 1.80 bits per heavy atom. The van der Waals surface area contributed by atoms with E-state index in [0.29, 0.717) is 6.54 Å². The largest absolute Gasteiger partial charge is 0.330 e. The van der Waals surface area contributed by atoms with Crippen LogP contribution in [0.2, 0.25) is 0 Å². The molecule has 0 aliphatic rings. The van der Waals surface area contributed by atoms with E-state index in [1.54, 1.807) is 0 Å². The lowest BCUT2D eigenvalue weighted by atomic mass is 9.96. The van der Waals surface area contributed by atoms with Gasteiger partial charge in [0.2, 0.25) is 0 Å². The van der Waals surface area contributed by atoms with Gasteiger partial charge in [0.1, 0.15) is 0 Å². The highest BCUT2D eigenvalue weighted by Gasteiger charge is 2.21. The maximum Gasteiger partial charge on any atom is 0.0602 e. The van der Waals surface area contributed by atoms with E-state index < -0.39 is 0 Å². The van der Waals surface area contributed by atoms with Gasteiger partial charge in [-0.05, 0) is 43.6 Å². The van der Waals surface area contributed by atoms with Gasteiger partial charge in [-0.3, -0.25) is 4.90 Å². The summed E-state index contributed by atoms with van der Waals surface area (Å²) in [5.41, 5.74) is 14.0. The van der Waals surface area contributed by atoms with Crippen LogP contribution in [0.1, 0.15) is 30.0 Å². The second kappa shape index (κ2) is 11.8. The van der Waals surface area contributed by atoms with Crippen LogP contribution in [-0.4, -0.2) is 44.2 Å². The highest BCUT2D eigenvalue weighted by atomic mass is 15.2. The van der Waals surface area contributed by atoms with E-state index in [1.165, 1.54) is 11.1 Å². The van der Waals surface area contributed by atoms with Crippen molar-refractivity contribution in [2.24, 2.45) is 11.5 Å². The van der Waals surface area contributed by atoms with Gasteiger partial charge < -0.3 is 16.8 Å². The molecule has 4 nitrogen and oxygen atoms in total. The quantitative estimate of drug-likeness (QED) is 0.519. The standard InChI is InChI=1S/C21H32N4/c22-13-7-15-24-16-18-25(17-8-14-23)21(19-9-3-1-4-10-19)20-11-5-2-6-12-20/h1-6,9-12,21,24H,7-8,13-18,22-23H2. The Bertz CT molecular complexity index is 519. The van der Waals surface area contributed by atoms with Crippen molar-refractivity contribution in [3.63, 3.8) is 0 Å². The zero-order chi connectivity index (χ0) is 17.7. The van der Waals surface area contributed by atoms with E-state index in [0.717, 1.165) is 45.6 Å². The minimum Gasteiger partial charge on any atom is -0.330 e. The third kappa shape index (κ3) is 6.59. The summed E-state index contributed by atoms with van der Waals surface area (Å²) in [6, 6.07) is 21.7. The Kier molecular flexibility index (Phi) is 9.23. The lowest BCUT2D eigenvalue weighted by Crippen LogP contribution is -2.37. The first kappa shape index (κ1) is 19.6. The van der Waals surface area contributed by atoms with Crippen LogP contribution in [0.25, 0.3) is 0 Å². The zero-order valence-electron chi connectivity index (χ0n) is 15.1. The topological polar surface area (TPSA) is 67.3 Å². The molecule has 2 aromatic carbocycles. The molecule has 25 heavy (non-hydrogen) atoms. The minimum atomic E-state index is 0.255. The highest BCUT2D eigenvalue weighted by molar-refractivity contribution is 5.31. The van der Waals surface area contributed by atoms with E-state index in [1.807, 2.05) is 0 Å². The summed E-state index contributed by atoms with van der Waals surface area (Å²) in [4.78, 5) is 2.53. The van der Waals surface area contributed by atoms with Crippen LogP contribution in [0, 0.1) is 0 Å². The van der Waals surface area contributed by atoms with Crippen LogP contribution in [0.5, 0.6) is 0 Å². The molecule has 2 rings (SSSR count). The van der Waals surface area contributed by atoms with Gasteiger partial charge in [0.15, 0.2) is 0 Å². The number of hydrogen-bond donors (Lipinski definition) is 3. The Morgan fingerprint density at radius 1 is 0.720 bits per heavy atom. The van der Waals surface area contributed by atoms with Crippen LogP contribution >= 0.6 is 0 Å². The molecule has 0 unspecified atom stereocenters.